The highest BCUT2D eigenvalue weighted by molar-refractivity contribution is 6.18. The van der Waals surface area contributed by atoms with Crippen LogP contribution in [0.25, 0.3) is 0 Å². The molecule has 0 radical (unpaired) electrons. The lowest BCUT2D eigenvalue weighted by Crippen LogP contribution is -2.43. The number of hydrogen-bond acceptors (Lipinski definition) is 2. The van der Waals surface area contributed by atoms with E-state index in [4.69, 9.17) is 11.6 Å². The Kier molecular flexibility index (Phi) is 4.05. The number of carbonyl (C=O) groups is 1. The first kappa shape index (κ1) is 12.4. The summed E-state index contributed by atoms with van der Waals surface area (Å²) in [5.74, 6) is 0.977. The van der Waals surface area contributed by atoms with Crippen LogP contribution in [0.1, 0.15) is 36.2 Å². The predicted molar refractivity (Wildman–Crippen MR) is 67.1 cm³/mol. The molecule has 0 saturated heterocycles. The van der Waals surface area contributed by atoms with Crippen molar-refractivity contribution in [3.05, 3.63) is 18.2 Å². The number of nitrogens with one attached hydrogen (secondary N) is 1. The minimum atomic E-state index is -0.0491. The third-order valence-electron chi connectivity index (χ3n) is 3.47. The van der Waals surface area contributed by atoms with E-state index in [9.17, 15) is 4.79 Å². The van der Waals surface area contributed by atoms with Gasteiger partial charge in [0.05, 0.1) is 12.5 Å². The Hall–Kier alpha value is -1.03. The minimum absolute atomic E-state index is 0.0491. The van der Waals surface area contributed by atoms with E-state index in [1.165, 1.54) is 12.8 Å². The Morgan fingerprint density at radius 2 is 2.35 bits per heavy atom. The lowest BCUT2D eigenvalue weighted by Gasteiger charge is -2.30. The molecule has 5 heteroatoms. The van der Waals surface area contributed by atoms with Crippen molar-refractivity contribution in [1.82, 2.24) is 14.9 Å². The van der Waals surface area contributed by atoms with Gasteiger partial charge in [-0.3, -0.25) is 4.79 Å². The van der Waals surface area contributed by atoms with E-state index < -0.39 is 0 Å². The summed E-state index contributed by atoms with van der Waals surface area (Å²) in [6.45, 7) is 0. The maximum absolute atomic E-state index is 12.0. The number of nitrogens with zero attached hydrogens (tertiary/aromatic N) is 2. The highest BCUT2D eigenvalue weighted by atomic mass is 35.5. The van der Waals surface area contributed by atoms with Crippen molar-refractivity contribution in [3.63, 3.8) is 0 Å². The average Bonchev–Trinajstić information content (AvgIpc) is 2.76. The zero-order valence-corrected chi connectivity index (χ0v) is 10.8. The molecule has 0 aliphatic heterocycles. The normalized spacial score (nSPS) is 24.6. The molecule has 2 unspecified atom stereocenters. The number of alkyl halides is 1. The molecule has 1 aliphatic carbocycles. The Morgan fingerprint density at radius 1 is 1.59 bits per heavy atom. The van der Waals surface area contributed by atoms with Crippen molar-refractivity contribution in [1.29, 1.82) is 0 Å². The number of halogens is 1. The molecule has 4 nitrogen and oxygen atoms in total. The molecule has 1 fully saturated rings. The summed E-state index contributed by atoms with van der Waals surface area (Å²) in [7, 11) is 1.82. The molecule has 2 rings (SSSR count). The zero-order chi connectivity index (χ0) is 12.3. The van der Waals surface area contributed by atoms with Crippen molar-refractivity contribution in [2.45, 2.75) is 31.7 Å². The Bertz CT molecular complexity index is 391. The maximum atomic E-state index is 12.0. The number of aryl methyl sites for hydroxylation is 1. The first-order chi connectivity index (χ1) is 8.22. The lowest BCUT2D eigenvalue weighted by atomic mass is 9.85. The monoisotopic (exact) mass is 255 g/mol. The molecule has 1 aromatic heterocycles. The van der Waals surface area contributed by atoms with Crippen LogP contribution in [0.3, 0.4) is 0 Å². The first-order valence-electron chi connectivity index (χ1n) is 6.05. The Morgan fingerprint density at radius 3 is 3.00 bits per heavy atom. The molecular formula is C12H18ClN3O. The van der Waals surface area contributed by atoms with Crippen LogP contribution in [-0.2, 0) is 7.05 Å². The van der Waals surface area contributed by atoms with Crippen molar-refractivity contribution < 1.29 is 4.79 Å². The SMILES string of the molecule is Cn1cncc1C(=O)NC1CCCCC1CCl. The third-order valence-corrected chi connectivity index (χ3v) is 3.87. The van der Waals surface area contributed by atoms with Crippen LogP contribution in [0, 0.1) is 5.92 Å². The number of imidazole rings is 1. The van der Waals surface area contributed by atoms with Crippen molar-refractivity contribution in [2.24, 2.45) is 13.0 Å². The van der Waals surface area contributed by atoms with Crippen LogP contribution >= 0.6 is 11.6 Å². The van der Waals surface area contributed by atoms with E-state index >= 15 is 0 Å². The van der Waals surface area contributed by atoms with Crippen LogP contribution in [0.4, 0.5) is 0 Å². The van der Waals surface area contributed by atoms with Gasteiger partial charge in [0.2, 0.25) is 0 Å². The first-order valence-corrected chi connectivity index (χ1v) is 6.59. The van der Waals surface area contributed by atoms with Gasteiger partial charge in [-0.25, -0.2) is 4.98 Å². The summed E-state index contributed by atoms with van der Waals surface area (Å²) in [6.07, 6.45) is 7.75. The molecule has 1 heterocycles. The van der Waals surface area contributed by atoms with E-state index in [0.717, 1.165) is 12.8 Å². The van der Waals surface area contributed by atoms with E-state index in [1.54, 1.807) is 17.1 Å². The number of hydrogen-bond donors (Lipinski definition) is 1. The van der Waals surface area contributed by atoms with Crippen LogP contribution in [0.5, 0.6) is 0 Å². The molecular weight excluding hydrogens is 238 g/mol. The fourth-order valence-corrected chi connectivity index (χ4v) is 2.77. The molecule has 17 heavy (non-hydrogen) atoms. The largest absolute Gasteiger partial charge is 0.348 e. The van der Waals surface area contributed by atoms with Gasteiger partial charge in [-0.15, -0.1) is 11.6 Å². The van der Waals surface area contributed by atoms with Gasteiger partial charge in [0.15, 0.2) is 0 Å². The summed E-state index contributed by atoms with van der Waals surface area (Å²) >= 11 is 5.95. The quantitative estimate of drug-likeness (QED) is 0.840. The minimum Gasteiger partial charge on any atom is -0.348 e. The molecule has 1 aliphatic rings. The molecule has 0 spiro atoms. The lowest BCUT2D eigenvalue weighted by molar-refractivity contribution is 0.0903. The second-order valence-electron chi connectivity index (χ2n) is 4.67. The summed E-state index contributed by atoms with van der Waals surface area (Å²) < 4.78 is 1.73. The van der Waals surface area contributed by atoms with Gasteiger partial charge in [-0.1, -0.05) is 12.8 Å². The summed E-state index contributed by atoms with van der Waals surface area (Å²) in [5, 5.41) is 3.08. The molecule has 1 aromatic rings. The number of carbonyl (C=O) groups excluding carboxylic acids is 1. The van der Waals surface area contributed by atoms with Gasteiger partial charge in [0, 0.05) is 19.0 Å². The standard InChI is InChI=1S/C12H18ClN3O/c1-16-8-14-7-11(16)12(17)15-10-5-3-2-4-9(10)6-13/h7-10H,2-6H2,1H3,(H,15,17). The van der Waals surface area contributed by atoms with Gasteiger partial charge in [0.25, 0.3) is 5.91 Å². The molecule has 94 valence electrons. The predicted octanol–water partition coefficient (Wildman–Crippen LogP) is 1.95. The number of rotatable bonds is 3. The van der Waals surface area contributed by atoms with Crippen molar-refractivity contribution in [2.75, 3.05) is 5.88 Å². The van der Waals surface area contributed by atoms with E-state index in [1.807, 2.05) is 7.05 Å². The van der Waals surface area contributed by atoms with Crippen molar-refractivity contribution in [3.8, 4) is 0 Å². The van der Waals surface area contributed by atoms with Crippen molar-refractivity contribution >= 4 is 17.5 Å². The van der Waals surface area contributed by atoms with E-state index in [0.29, 0.717) is 17.5 Å². The smallest absolute Gasteiger partial charge is 0.269 e. The average molecular weight is 256 g/mol. The zero-order valence-electron chi connectivity index (χ0n) is 10.0. The van der Waals surface area contributed by atoms with Crippen LogP contribution in [0.2, 0.25) is 0 Å². The summed E-state index contributed by atoms with van der Waals surface area (Å²) in [4.78, 5) is 16.0. The Balaban J connectivity index is 2.00. The van der Waals surface area contributed by atoms with Crippen LogP contribution < -0.4 is 5.32 Å². The highest BCUT2D eigenvalue weighted by Gasteiger charge is 2.26. The molecule has 1 N–H and O–H groups in total. The number of amides is 1. The highest BCUT2D eigenvalue weighted by Crippen LogP contribution is 2.25. The number of aromatic nitrogens is 2. The van der Waals surface area contributed by atoms with Gasteiger partial charge in [-0.2, -0.15) is 0 Å². The van der Waals surface area contributed by atoms with Crippen LogP contribution in [0.15, 0.2) is 12.5 Å². The second-order valence-corrected chi connectivity index (χ2v) is 4.98. The fourth-order valence-electron chi connectivity index (χ4n) is 2.40. The summed E-state index contributed by atoms with van der Waals surface area (Å²) in [6, 6.07) is 0.212. The van der Waals surface area contributed by atoms with Gasteiger partial charge in [0.1, 0.15) is 5.69 Å². The summed E-state index contributed by atoms with van der Waals surface area (Å²) in [5.41, 5.74) is 0.601. The van der Waals surface area contributed by atoms with Gasteiger partial charge in [-0.05, 0) is 18.8 Å². The van der Waals surface area contributed by atoms with Gasteiger partial charge < -0.3 is 9.88 Å². The fraction of sp³-hybridized carbons (Fsp3) is 0.667. The molecule has 1 saturated carbocycles. The second kappa shape index (κ2) is 5.54. The third kappa shape index (κ3) is 2.80. The maximum Gasteiger partial charge on any atom is 0.269 e. The van der Waals surface area contributed by atoms with Gasteiger partial charge >= 0.3 is 0 Å². The molecule has 1 amide bonds. The molecule has 0 aromatic carbocycles. The van der Waals surface area contributed by atoms with Crippen LogP contribution in [-0.4, -0.2) is 27.4 Å². The van der Waals surface area contributed by atoms with E-state index in [2.05, 4.69) is 10.3 Å². The molecule has 2 atom stereocenters. The molecule has 0 bridgehead atoms. The topological polar surface area (TPSA) is 46.9 Å². The van der Waals surface area contributed by atoms with E-state index in [-0.39, 0.29) is 11.9 Å². The Labute approximate surface area is 106 Å².